The highest BCUT2D eigenvalue weighted by Crippen LogP contribution is 2.26. The van der Waals surface area contributed by atoms with Crippen molar-refractivity contribution >= 4 is 22.6 Å². The third-order valence-corrected chi connectivity index (χ3v) is 3.72. The number of aromatic nitrogens is 2. The minimum atomic E-state index is -0.155. The van der Waals surface area contributed by atoms with Crippen molar-refractivity contribution in [3.63, 3.8) is 0 Å². The summed E-state index contributed by atoms with van der Waals surface area (Å²) in [6.45, 7) is 6.11. The van der Waals surface area contributed by atoms with Crippen LogP contribution in [0.15, 0.2) is 36.4 Å². The van der Waals surface area contributed by atoms with Gasteiger partial charge < -0.3 is 9.72 Å². The van der Waals surface area contributed by atoms with Crippen LogP contribution in [0.4, 0.5) is 0 Å². The summed E-state index contributed by atoms with van der Waals surface area (Å²) in [6.07, 6.45) is -0.155. The van der Waals surface area contributed by atoms with Gasteiger partial charge in [-0.05, 0) is 50.6 Å². The minimum Gasteiger partial charge on any atom is -0.483 e. The van der Waals surface area contributed by atoms with Crippen LogP contribution < -0.4 is 4.74 Å². The van der Waals surface area contributed by atoms with Gasteiger partial charge in [0.15, 0.2) is 6.10 Å². The Morgan fingerprint density at radius 2 is 1.95 bits per heavy atom. The average molecular weight is 301 g/mol. The van der Waals surface area contributed by atoms with Gasteiger partial charge in [-0.25, -0.2) is 4.98 Å². The summed E-state index contributed by atoms with van der Waals surface area (Å²) in [7, 11) is 0. The van der Waals surface area contributed by atoms with Crippen LogP contribution in [0.25, 0.3) is 11.0 Å². The summed E-state index contributed by atoms with van der Waals surface area (Å²) in [5, 5.41) is 0.695. The average Bonchev–Trinajstić information content (AvgIpc) is 2.85. The number of nitrogens with zero attached hydrogens (tertiary/aromatic N) is 1. The summed E-state index contributed by atoms with van der Waals surface area (Å²) in [5.41, 5.74) is 4.17. The van der Waals surface area contributed by atoms with Crippen LogP contribution in [0.2, 0.25) is 5.02 Å². The standard InChI is InChI=1S/C17H17ClN2O/c1-10-4-7-16(11(2)8-10)21-12(3)17-19-14-6-5-13(18)9-15(14)20-17/h4-9,12H,1-3H3,(H,19,20)/t12-/m1/s1. The van der Waals surface area contributed by atoms with Crippen molar-refractivity contribution in [1.82, 2.24) is 9.97 Å². The largest absolute Gasteiger partial charge is 0.483 e. The molecule has 0 fully saturated rings. The zero-order chi connectivity index (χ0) is 15.0. The van der Waals surface area contributed by atoms with E-state index in [0.717, 1.165) is 28.2 Å². The van der Waals surface area contributed by atoms with Crippen molar-refractivity contribution in [2.75, 3.05) is 0 Å². The molecule has 0 bridgehead atoms. The topological polar surface area (TPSA) is 37.9 Å². The van der Waals surface area contributed by atoms with Crippen molar-refractivity contribution < 1.29 is 4.74 Å². The molecule has 0 saturated heterocycles. The molecule has 0 radical (unpaired) electrons. The van der Waals surface area contributed by atoms with E-state index in [1.54, 1.807) is 0 Å². The third-order valence-electron chi connectivity index (χ3n) is 3.48. The number of imidazole rings is 1. The van der Waals surface area contributed by atoms with Gasteiger partial charge in [0.05, 0.1) is 11.0 Å². The number of ether oxygens (including phenoxy) is 1. The lowest BCUT2D eigenvalue weighted by Crippen LogP contribution is -2.06. The number of benzene rings is 2. The molecule has 3 nitrogen and oxygen atoms in total. The molecular formula is C17H17ClN2O. The number of H-pyrrole nitrogens is 1. The first-order valence-corrected chi connectivity index (χ1v) is 7.30. The molecule has 1 aromatic heterocycles. The normalized spacial score (nSPS) is 12.6. The second-order valence-corrected chi connectivity index (χ2v) is 5.75. The Bertz CT molecular complexity index is 795. The summed E-state index contributed by atoms with van der Waals surface area (Å²) in [6, 6.07) is 11.8. The van der Waals surface area contributed by atoms with E-state index >= 15 is 0 Å². The summed E-state index contributed by atoms with van der Waals surface area (Å²) < 4.78 is 6.02. The monoisotopic (exact) mass is 300 g/mol. The zero-order valence-corrected chi connectivity index (χ0v) is 13.0. The fourth-order valence-corrected chi connectivity index (χ4v) is 2.54. The molecule has 2 aromatic carbocycles. The van der Waals surface area contributed by atoms with E-state index in [2.05, 4.69) is 23.0 Å². The highest BCUT2D eigenvalue weighted by molar-refractivity contribution is 6.31. The van der Waals surface area contributed by atoms with Crippen LogP contribution >= 0.6 is 11.6 Å². The Kier molecular flexibility index (Phi) is 3.60. The van der Waals surface area contributed by atoms with Crippen molar-refractivity contribution in [2.45, 2.75) is 26.9 Å². The van der Waals surface area contributed by atoms with Gasteiger partial charge in [-0.2, -0.15) is 0 Å². The van der Waals surface area contributed by atoms with Crippen molar-refractivity contribution in [2.24, 2.45) is 0 Å². The number of nitrogens with one attached hydrogen (secondary N) is 1. The van der Waals surface area contributed by atoms with Gasteiger partial charge in [0.2, 0.25) is 0 Å². The Hall–Kier alpha value is -2.00. The lowest BCUT2D eigenvalue weighted by atomic mass is 10.1. The van der Waals surface area contributed by atoms with Gasteiger partial charge in [-0.1, -0.05) is 29.3 Å². The van der Waals surface area contributed by atoms with Crippen LogP contribution in [0.5, 0.6) is 5.75 Å². The third kappa shape index (κ3) is 2.88. The highest BCUT2D eigenvalue weighted by atomic mass is 35.5. The zero-order valence-electron chi connectivity index (χ0n) is 12.3. The smallest absolute Gasteiger partial charge is 0.153 e. The van der Waals surface area contributed by atoms with Crippen molar-refractivity contribution in [1.29, 1.82) is 0 Å². The van der Waals surface area contributed by atoms with E-state index in [-0.39, 0.29) is 6.10 Å². The maximum atomic E-state index is 6.02. The molecule has 0 aliphatic heterocycles. The van der Waals surface area contributed by atoms with Gasteiger partial charge in [-0.3, -0.25) is 0 Å². The van der Waals surface area contributed by atoms with E-state index in [4.69, 9.17) is 16.3 Å². The Morgan fingerprint density at radius 3 is 2.71 bits per heavy atom. The summed E-state index contributed by atoms with van der Waals surface area (Å²) in [4.78, 5) is 7.82. The van der Waals surface area contributed by atoms with E-state index in [1.165, 1.54) is 5.56 Å². The molecule has 1 N–H and O–H groups in total. The quantitative estimate of drug-likeness (QED) is 0.741. The number of aryl methyl sites for hydroxylation is 2. The summed E-state index contributed by atoms with van der Waals surface area (Å²) >= 11 is 5.99. The van der Waals surface area contributed by atoms with Gasteiger partial charge in [0.1, 0.15) is 11.6 Å². The number of halogens is 1. The molecule has 3 aromatic rings. The Labute approximate surface area is 128 Å². The number of hydrogen-bond donors (Lipinski definition) is 1. The molecule has 1 atom stereocenters. The summed E-state index contributed by atoms with van der Waals surface area (Å²) in [5.74, 6) is 1.68. The number of hydrogen-bond acceptors (Lipinski definition) is 2. The maximum absolute atomic E-state index is 6.02. The molecule has 1 heterocycles. The minimum absolute atomic E-state index is 0.155. The second kappa shape index (κ2) is 5.41. The molecular weight excluding hydrogens is 284 g/mol. The molecule has 4 heteroatoms. The first kappa shape index (κ1) is 14.0. The van der Waals surface area contributed by atoms with Gasteiger partial charge in [0.25, 0.3) is 0 Å². The lowest BCUT2D eigenvalue weighted by Gasteiger charge is -2.14. The van der Waals surface area contributed by atoms with E-state index < -0.39 is 0 Å². The number of aromatic amines is 1. The van der Waals surface area contributed by atoms with Crippen LogP contribution in [0.3, 0.4) is 0 Å². The highest BCUT2D eigenvalue weighted by Gasteiger charge is 2.13. The number of fused-ring (bicyclic) bond motifs is 1. The Balaban J connectivity index is 1.87. The predicted molar refractivity (Wildman–Crippen MR) is 86.1 cm³/mol. The fraction of sp³-hybridized carbons (Fsp3) is 0.235. The Morgan fingerprint density at radius 1 is 1.14 bits per heavy atom. The molecule has 108 valence electrons. The first-order chi connectivity index (χ1) is 10.0. The maximum Gasteiger partial charge on any atom is 0.153 e. The molecule has 0 aliphatic carbocycles. The van der Waals surface area contributed by atoms with E-state index in [1.807, 2.05) is 44.2 Å². The first-order valence-electron chi connectivity index (χ1n) is 6.92. The van der Waals surface area contributed by atoms with Crippen molar-refractivity contribution in [3.8, 4) is 5.75 Å². The second-order valence-electron chi connectivity index (χ2n) is 5.31. The molecule has 0 saturated carbocycles. The van der Waals surface area contributed by atoms with E-state index in [9.17, 15) is 0 Å². The molecule has 3 rings (SSSR count). The molecule has 21 heavy (non-hydrogen) atoms. The van der Waals surface area contributed by atoms with Crippen LogP contribution in [0.1, 0.15) is 30.0 Å². The predicted octanol–water partition coefficient (Wildman–Crippen LogP) is 4.97. The van der Waals surface area contributed by atoms with Crippen LogP contribution in [-0.4, -0.2) is 9.97 Å². The van der Waals surface area contributed by atoms with Crippen LogP contribution in [0, 0.1) is 13.8 Å². The molecule has 0 spiro atoms. The van der Waals surface area contributed by atoms with Crippen molar-refractivity contribution in [3.05, 3.63) is 58.4 Å². The lowest BCUT2D eigenvalue weighted by molar-refractivity contribution is 0.216. The molecule has 0 unspecified atom stereocenters. The van der Waals surface area contributed by atoms with E-state index in [0.29, 0.717) is 5.02 Å². The number of rotatable bonds is 3. The van der Waals surface area contributed by atoms with Gasteiger partial charge in [0, 0.05) is 5.02 Å². The van der Waals surface area contributed by atoms with Gasteiger partial charge >= 0.3 is 0 Å². The SMILES string of the molecule is Cc1ccc(O[C@H](C)c2nc3ccc(Cl)cc3[nH]2)c(C)c1. The van der Waals surface area contributed by atoms with Crippen LogP contribution in [-0.2, 0) is 0 Å². The molecule has 0 aliphatic rings. The van der Waals surface area contributed by atoms with Gasteiger partial charge in [-0.15, -0.1) is 0 Å². The fourth-order valence-electron chi connectivity index (χ4n) is 2.37. The molecule has 0 amide bonds.